The highest BCUT2D eigenvalue weighted by Gasteiger charge is 2.51. The number of aliphatic hydroxyl groups excluding tert-OH is 9. The Labute approximate surface area is 381 Å². The number of fused-ring (bicyclic) bond motifs is 2. The number of carboxylic acid groups (broad SMARTS) is 1. The van der Waals surface area contributed by atoms with Crippen molar-refractivity contribution in [2.45, 2.75) is 189 Å². The average Bonchev–Trinajstić information content (AvgIpc) is 3.21. The van der Waals surface area contributed by atoms with Gasteiger partial charge >= 0.3 is 11.9 Å². The predicted octanol–water partition coefficient (Wildman–Crippen LogP) is 0.936. The Bertz CT molecular complexity index is 1620. The third kappa shape index (κ3) is 18.8. The van der Waals surface area contributed by atoms with Gasteiger partial charge in [0.05, 0.1) is 79.6 Å². The molecule has 2 fully saturated rings. The normalized spacial score (nSPS) is 45.2. The van der Waals surface area contributed by atoms with E-state index in [2.05, 4.69) is 0 Å². The van der Waals surface area contributed by atoms with Crippen molar-refractivity contribution in [1.29, 1.82) is 0 Å². The van der Waals surface area contributed by atoms with Crippen molar-refractivity contribution < 1.29 is 84.7 Å². The van der Waals surface area contributed by atoms with E-state index in [-0.39, 0.29) is 38.0 Å². The number of carboxylic acids is 1. The molecular formula is C47H75NO17. The van der Waals surface area contributed by atoms with Crippen LogP contribution in [0.4, 0.5) is 0 Å². The van der Waals surface area contributed by atoms with Gasteiger partial charge in [0, 0.05) is 31.1 Å². The molecule has 0 unspecified atom stereocenters. The van der Waals surface area contributed by atoms with Gasteiger partial charge < -0.3 is 80.9 Å². The summed E-state index contributed by atoms with van der Waals surface area (Å²) in [5.41, 5.74) is 6.02. The highest BCUT2D eigenvalue weighted by atomic mass is 16.7. The van der Waals surface area contributed by atoms with Crippen molar-refractivity contribution in [1.82, 2.24) is 0 Å². The highest BCUT2D eigenvalue weighted by Crippen LogP contribution is 2.38. The number of nitrogens with two attached hydrogens (primary N) is 1. The summed E-state index contributed by atoms with van der Waals surface area (Å²) in [4.78, 5) is 25.1. The Morgan fingerprint density at radius 1 is 0.692 bits per heavy atom. The van der Waals surface area contributed by atoms with Gasteiger partial charge in [0.25, 0.3) is 0 Å². The SMILES string of the molecule is C[C@@H]1[C@H](O)[C@H](C)/C=C/C=C/CC/C=C/C=C/C=C/C=C/[C@H](O[C@@H]2O[C@H](C)[C@@H](O)[C@H](N)[C@@H]2O)C[C@H]2O[C@](O)(C[C@@H](O)[C@@H]2C(=O)O)C[C@H](O)[C@H](O)CC[C@H](O)C[C@H](O)C[C@H](O)CC(=O)O[C@@H]1C. The third-order valence-electron chi connectivity index (χ3n) is 12.2. The van der Waals surface area contributed by atoms with Crippen LogP contribution >= 0.6 is 0 Å². The number of hydrogen-bond donors (Lipinski definition) is 12. The van der Waals surface area contributed by atoms with Crippen molar-refractivity contribution in [3.8, 4) is 0 Å². The Morgan fingerprint density at radius 3 is 1.94 bits per heavy atom. The second-order valence-electron chi connectivity index (χ2n) is 17.8. The molecule has 3 aliphatic rings. The van der Waals surface area contributed by atoms with Crippen LogP contribution < -0.4 is 5.73 Å². The smallest absolute Gasteiger partial charge is 0.311 e. The number of aliphatic hydroxyl groups is 10. The van der Waals surface area contributed by atoms with Gasteiger partial charge in [0.2, 0.25) is 0 Å². The van der Waals surface area contributed by atoms with Crippen molar-refractivity contribution in [3.05, 3.63) is 72.9 Å². The summed E-state index contributed by atoms with van der Waals surface area (Å²) in [5, 5.41) is 118. The summed E-state index contributed by atoms with van der Waals surface area (Å²) in [5.74, 6) is -6.82. The molecule has 18 nitrogen and oxygen atoms in total. The minimum Gasteiger partial charge on any atom is -0.481 e. The summed E-state index contributed by atoms with van der Waals surface area (Å²) in [6.07, 6.45) is 2.28. The van der Waals surface area contributed by atoms with Crippen molar-refractivity contribution in [2.75, 3.05) is 0 Å². The second kappa shape index (κ2) is 27.6. The molecule has 3 rings (SSSR count). The van der Waals surface area contributed by atoms with Crippen LogP contribution in [0.15, 0.2) is 72.9 Å². The molecule has 65 heavy (non-hydrogen) atoms. The summed E-state index contributed by atoms with van der Waals surface area (Å²) < 4.78 is 23.2. The van der Waals surface area contributed by atoms with Crippen LogP contribution in [-0.2, 0) is 28.5 Å². The topological polar surface area (TPSA) is 320 Å². The van der Waals surface area contributed by atoms with Crippen molar-refractivity contribution in [3.63, 3.8) is 0 Å². The van der Waals surface area contributed by atoms with Crippen LogP contribution in [0.25, 0.3) is 0 Å². The lowest BCUT2D eigenvalue weighted by Crippen LogP contribution is -2.61. The molecule has 0 saturated carbocycles. The fourth-order valence-corrected chi connectivity index (χ4v) is 8.11. The average molecular weight is 926 g/mol. The number of rotatable bonds is 3. The van der Waals surface area contributed by atoms with Crippen LogP contribution in [0, 0.1) is 17.8 Å². The van der Waals surface area contributed by atoms with E-state index in [1.54, 1.807) is 38.2 Å². The number of allylic oxidation sites excluding steroid dienone is 10. The van der Waals surface area contributed by atoms with Gasteiger partial charge in [-0.3, -0.25) is 9.59 Å². The standard InChI is InChI=1S/C47H75NO17/c1-27-17-15-13-11-9-7-5-6-8-10-12-14-16-18-34(64-46-44(58)41(48)43(57)30(4)63-46)24-38-40(45(59)60)37(54)26-47(61,65-38)25-36(53)35(52)20-19-31(49)21-32(50)22-33(51)23-39(55)62-29(3)28(2)42(27)56/h5-6,8,10-18,27-38,40-44,46,49-54,56-58,61H,7,9,19-26,48H2,1-4H3,(H,59,60)/b6-5+,10-8+,13-11+,14-12+,17-15+,18-16+/t27-,28+,29-,30-,31+,32+,33+,34+,35-,36+,37-,38-,40+,41+,42-,43-,44+,46+,47+/m1/s1. The maximum Gasteiger partial charge on any atom is 0.311 e. The Balaban J connectivity index is 1.84. The zero-order chi connectivity index (χ0) is 48.4. The van der Waals surface area contributed by atoms with E-state index in [9.17, 15) is 65.8 Å². The van der Waals surface area contributed by atoms with E-state index in [0.29, 0.717) is 0 Å². The number of esters is 1. The number of ether oxygens (including phenoxy) is 4. The van der Waals surface area contributed by atoms with Crippen LogP contribution in [0.1, 0.15) is 91.9 Å². The number of cyclic esters (lactones) is 1. The third-order valence-corrected chi connectivity index (χ3v) is 12.2. The Morgan fingerprint density at radius 2 is 1.28 bits per heavy atom. The first-order valence-electron chi connectivity index (χ1n) is 22.6. The molecule has 0 aromatic rings. The number of carbonyl (C=O) groups is 2. The monoisotopic (exact) mass is 926 g/mol. The lowest BCUT2D eigenvalue weighted by atomic mass is 9.82. The van der Waals surface area contributed by atoms with Gasteiger partial charge in [0.15, 0.2) is 12.1 Å². The number of carbonyl (C=O) groups excluding carboxylic acids is 1. The molecule has 0 aliphatic carbocycles. The molecule has 0 aromatic heterocycles. The molecule has 0 amide bonds. The fourth-order valence-electron chi connectivity index (χ4n) is 8.11. The highest BCUT2D eigenvalue weighted by molar-refractivity contribution is 5.71. The zero-order valence-corrected chi connectivity index (χ0v) is 37.8. The lowest BCUT2D eigenvalue weighted by molar-refractivity contribution is -0.310. The van der Waals surface area contributed by atoms with Gasteiger partial charge in [-0.2, -0.15) is 0 Å². The van der Waals surface area contributed by atoms with Crippen LogP contribution in [-0.4, -0.2) is 166 Å². The summed E-state index contributed by atoms with van der Waals surface area (Å²) in [6.45, 7) is 6.78. The molecule has 3 aliphatic heterocycles. The minimum absolute atomic E-state index is 0.138. The Kier molecular flexibility index (Phi) is 23.8. The molecule has 13 N–H and O–H groups in total. The largest absolute Gasteiger partial charge is 0.481 e. The maximum atomic E-state index is 12.6. The zero-order valence-electron chi connectivity index (χ0n) is 37.8. The molecule has 370 valence electrons. The van der Waals surface area contributed by atoms with E-state index >= 15 is 0 Å². The molecule has 0 aromatic carbocycles. The van der Waals surface area contributed by atoms with E-state index < -0.39 is 141 Å². The van der Waals surface area contributed by atoms with Crippen LogP contribution in [0.3, 0.4) is 0 Å². The van der Waals surface area contributed by atoms with Gasteiger partial charge in [-0.05, 0) is 52.4 Å². The molecule has 2 bridgehead atoms. The number of hydrogen-bond acceptors (Lipinski definition) is 17. The van der Waals surface area contributed by atoms with Gasteiger partial charge in [0.1, 0.15) is 18.1 Å². The summed E-state index contributed by atoms with van der Waals surface area (Å²) in [7, 11) is 0. The fraction of sp³-hybridized carbons (Fsp3) is 0.702. The van der Waals surface area contributed by atoms with Gasteiger partial charge in [-0.1, -0.05) is 86.8 Å². The quantitative estimate of drug-likeness (QED) is 0.175. The van der Waals surface area contributed by atoms with Gasteiger partial charge in [-0.15, -0.1) is 0 Å². The van der Waals surface area contributed by atoms with Gasteiger partial charge in [-0.25, -0.2) is 0 Å². The van der Waals surface area contributed by atoms with Crippen LogP contribution in [0.5, 0.6) is 0 Å². The van der Waals surface area contributed by atoms with E-state index in [0.717, 1.165) is 12.8 Å². The molecule has 0 spiro atoms. The minimum atomic E-state index is -2.35. The molecule has 18 heteroatoms. The Hall–Kier alpha value is -3.18. The number of aliphatic carboxylic acids is 1. The molecule has 2 saturated heterocycles. The van der Waals surface area contributed by atoms with E-state index in [1.807, 2.05) is 49.5 Å². The van der Waals surface area contributed by atoms with E-state index in [4.69, 9.17) is 24.7 Å². The first-order chi connectivity index (χ1) is 30.6. The predicted molar refractivity (Wildman–Crippen MR) is 237 cm³/mol. The molecule has 19 atom stereocenters. The van der Waals surface area contributed by atoms with Crippen LogP contribution in [0.2, 0.25) is 0 Å². The first kappa shape index (κ1) is 56.1. The molecular weight excluding hydrogens is 851 g/mol. The first-order valence-corrected chi connectivity index (χ1v) is 22.6. The molecule has 3 heterocycles. The van der Waals surface area contributed by atoms with Crippen molar-refractivity contribution >= 4 is 11.9 Å². The van der Waals surface area contributed by atoms with E-state index in [1.165, 1.54) is 13.0 Å². The maximum absolute atomic E-state index is 12.6. The lowest BCUT2D eigenvalue weighted by Gasteiger charge is -2.45. The summed E-state index contributed by atoms with van der Waals surface area (Å²) >= 11 is 0. The second-order valence-corrected chi connectivity index (χ2v) is 17.8. The summed E-state index contributed by atoms with van der Waals surface area (Å²) in [6, 6.07) is -1.14. The van der Waals surface area contributed by atoms with Crippen molar-refractivity contribution in [2.24, 2.45) is 23.5 Å². The molecule has 0 radical (unpaired) electrons.